The van der Waals surface area contributed by atoms with Gasteiger partial charge in [-0.3, -0.25) is 24.7 Å². The Bertz CT molecular complexity index is 1410. The van der Waals surface area contributed by atoms with Crippen LogP contribution in [-0.4, -0.2) is 46.0 Å². The van der Waals surface area contributed by atoms with Gasteiger partial charge in [-0.05, 0) is 78.7 Å². The number of aromatic nitrogens is 1. The van der Waals surface area contributed by atoms with Crippen molar-refractivity contribution in [2.75, 3.05) is 13.1 Å². The summed E-state index contributed by atoms with van der Waals surface area (Å²) in [6.45, 7) is 4.32. The van der Waals surface area contributed by atoms with E-state index in [1.54, 1.807) is 41.1 Å². The molecule has 1 fully saturated rings. The molecule has 0 saturated carbocycles. The smallest absolute Gasteiger partial charge is 0.251 e. The zero-order valence-corrected chi connectivity index (χ0v) is 21.9. The maximum atomic E-state index is 13.1. The first-order chi connectivity index (χ1) is 18.5. The van der Waals surface area contributed by atoms with Gasteiger partial charge in [0.15, 0.2) is 0 Å². The number of para-hydroxylation sites is 1. The highest BCUT2D eigenvalue weighted by molar-refractivity contribution is 7.07. The molecule has 2 aromatic carbocycles. The average molecular weight is 531 g/mol. The molecule has 0 spiro atoms. The summed E-state index contributed by atoms with van der Waals surface area (Å²) in [6, 6.07) is 18.6. The molecule has 0 bridgehead atoms. The molecule has 0 aliphatic carbocycles. The SMILES string of the molecule is Cc1cc(COc2ccc(C(=O)NC3CN(Cc4ccsc4)CCC3C(=O)NO)cc2)c2ccccc2n1. The van der Waals surface area contributed by atoms with Crippen molar-refractivity contribution in [3.05, 3.63) is 93.8 Å². The van der Waals surface area contributed by atoms with Crippen LogP contribution in [0.2, 0.25) is 0 Å². The molecule has 4 aromatic rings. The van der Waals surface area contributed by atoms with Crippen molar-refractivity contribution < 1.29 is 19.5 Å². The molecule has 5 rings (SSSR count). The van der Waals surface area contributed by atoms with Gasteiger partial charge < -0.3 is 10.1 Å². The lowest BCUT2D eigenvalue weighted by atomic mass is 9.90. The number of carbonyl (C=O) groups is 2. The third kappa shape index (κ3) is 6.02. The zero-order valence-electron chi connectivity index (χ0n) is 21.1. The van der Waals surface area contributed by atoms with E-state index in [0.717, 1.165) is 28.7 Å². The van der Waals surface area contributed by atoms with Gasteiger partial charge >= 0.3 is 0 Å². The Kier molecular flexibility index (Phi) is 7.97. The van der Waals surface area contributed by atoms with Gasteiger partial charge in [-0.15, -0.1) is 0 Å². The third-order valence-corrected chi connectivity index (χ3v) is 7.62. The highest BCUT2D eigenvalue weighted by atomic mass is 32.1. The number of pyridine rings is 1. The summed E-state index contributed by atoms with van der Waals surface area (Å²) in [6.07, 6.45) is 0.539. The van der Waals surface area contributed by atoms with Gasteiger partial charge in [-0.25, -0.2) is 5.48 Å². The van der Waals surface area contributed by atoms with Crippen molar-refractivity contribution in [1.82, 2.24) is 20.7 Å². The molecule has 1 saturated heterocycles. The largest absolute Gasteiger partial charge is 0.489 e. The third-order valence-electron chi connectivity index (χ3n) is 6.89. The molecule has 9 heteroatoms. The molecular weight excluding hydrogens is 500 g/mol. The molecule has 0 radical (unpaired) electrons. The van der Waals surface area contributed by atoms with Gasteiger partial charge in [0, 0.05) is 35.3 Å². The second-order valence-electron chi connectivity index (χ2n) is 9.57. The van der Waals surface area contributed by atoms with Gasteiger partial charge in [0.2, 0.25) is 5.91 Å². The number of hydroxylamine groups is 1. The van der Waals surface area contributed by atoms with Gasteiger partial charge in [0.05, 0.1) is 17.5 Å². The predicted octanol–water partition coefficient (Wildman–Crippen LogP) is 4.31. The van der Waals surface area contributed by atoms with Crippen molar-refractivity contribution in [2.24, 2.45) is 5.92 Å². The molecule has 1 aliphatic rings. The molecule has 2 atom stereocenters. The summed E-state index contributed by atoms with van der Waals surface area (Å²) in [4.78, 5) is 32.2. The van der Waals surface area contributed by atoms with Crippen LogP contribution in [0.4, 0.5) is 0 Å². The Morgan fingerprint density at radius 3 is 2.74 bits per heavy atom. The Labute approximate surface area is 225 Å². The predicted molar refractivity (Wildman–Crippen MR) is 146 cm³/mol. The van der Waals surface area contributed by atoms with E-state index in [1.165, 1.54) is 5.56 Å². The van der Waals surface area contributed by atoms with Crippen LogP contribution in [0.1, 0.15) is 33.6 Å². The van der Waals surface area contributed by atoms with Crippen LogP contribution in [0.25, 0.3) is 10.9 Å². The van der Waals surface area contributed by atoms with Crippen LogP contribution < -0.4 is 15.5 Å². The lowest BCUT2D eigenvalue weighted by Gasteiger charge is -2.37. The van der Waals surface area contributed by atoms with E-state index in [-0.39, 0.29) is 5.91 Å². The number of piperidine rings is 1. The first-order valence-electron chi connectivity index (χ1n) is 12.6. The van der Waals surface area contributed by atoms with Crippen LogP contribution in [0, 0.1) is 12.8 Å². The fraction of sp³-hybridized carbons (Fsp3) is 0.276. The van der Waals surface area contributed by atoms with Crippen molar-refractivity contribution in [1.29, 1.82) is 0 Å². The minimum absolute atomic E-state index is 0.273. The number of carbonyl (C=O) groups excluding carboxylic acids is 2. The van der Waals surface area contributed by atoms with Crippen molar-refractivity contribution in [2.45, 2.75) is 32.5 Å². The number of benzene rings is 2. The standard InChI is InChI=1S/C29H30N4O4S/c1-19-14-22(24-4-2-3-5-26(24)30-19)17-37-23-8-6-21(7-9-23)28(34)31-27-16-33(15-20-11-13-38-18-20)12-10-25(27)29(35)32-36/h2-9,11,13-14,18,25,27,36H,10,12,15-17H2,1H3,(H,31,34)(H,32,35). The molecule has 8 nitrogen and oxygen atoms in total. The zero-order chi connectivity index (χ0) is 26.5. The van der Waals surface area contributed by atoms with Crippen LogP contribution >= 0.6 is 11.3 Å². The monoisotopic (exact) mass is 530 g/mol. The Hall–Kier alpha value is -3.79. The molecule has 3 N–H and O–H groups in total. The van der Waals surface area contributed by atoms with Crippen LogP contribution in [0.15, 0.2) is 71.4 Å². The van der Waals surface area contributed by atoms with E-state index < -0.39 is 17.9 Å². The van der Waals surface area contributed by atoms with E-state index in [2.05, 4.69) is 26.6 Å². The van der Waals surface area contributed by atoms with Crippen LogP contribution in [0.3, 0.4) is 0 Å². The fourth-order valence-electron chi connectivity index (χ4n) is 4.98. The number of likely N-dealkylation sites (tertiary alicyclic amines) is 1. The molecular formula is C29H30N4O4S. The van der Waals surface area contributed by atoms with Crippen molar-refractivity contribution in [3.63, 3.8) is 0 Å². The quantitative estimate of drug-likeness (QED) is 0.232. The molecule has 2 aromatic heterocycles. The van der Waals surface area contributed by atoms with E-state index in [4.69, 9.17) is 4.74 Å². The number of hydrogen-bond acceptors (Lipinski definition) is 7. The second kappa shape index (κ2) is 11.7. The molecule has 196 valence electrons. The molecule has 3 heterocycles. The maximum Gasteiger partial charge on any atom is 0.251 e. The number of nitrogens with one attached hydrogen (secondary N) is 2. The van der Waals surface area contributed by atoms with Gasteiger partial charge in [0.1, 0.15) is 12.4 Å². The van der Waals surface area contributed by atoms with E-state index in [1.807, 2.05) is 42.6 Å². The van der Waals surface area contributed by atoms with Crippen LogP contribution in [0.5, 0.6) is 5.75 Å². The number of fused-ring (bicyclic) bond motifs is 1. The number of aryl methyl sites for hydroxylation is 1. The Morgan fingerprint density at radius 1 is 1.16 bits per heavy atom. The number of hydrogen-bond donors (Lipinski definition) is 3. The van der Waals surface area contributed by atoms with Crippen LogP contribution in [-0.2, 0) is 17.9 Å². The van der Waals surface area contributed by atoms with Gasteiger partial charge in [-0.2, -0.15) is 11.3 Å². The average Bonchev–Trinajstić information content (AvgIpc) is 3.44. The lowest BCUT2D eigenvalue weighted by molar-refractivity contribution is -0.135. The summed E-state index contributed by atoms with van der Waals surface area (Å²) in [5, 5.41) is 17.4. The normalized spacial score (nSPS) is 17.7. The van der Waals surface area contributed by atoms with Crippen molar-refractivity contribution in [3.8, 4) is 5.75 Å². The first kappa shape index (κ1) is 25.8. The molecule has 2 unspecified atom stereocenters. The number of amides is 2. The molecule has 1 aliphatic heterocycles. The van der Waals surface area contributed by atoms with Crippen molar-refractivity contribution >= 4 is 34.1 Å². The summed E-state index contributed by atoms with van der Waals surface area (Å²) in [5.74, 6) is -0.611. The topological polar surface area (TPSA) is 104 Å². The van der Waals surface area contributed by atoms with Gasteiger partial charge in [0.25, 0.3) is 5.91 Å². The summed E-state index contributed by atoms with van der Waals surface area (Å²) in [5.41, 5.74) is 6.35. The van der Waals surface area contributed by atoms with E-state index in [0.29, 0.717) is 37.4 Å². The minimum atomic E-state index is -0.510. The fourth-order valence-corrected chi connectivity index (χ4v) is 5.64. The minimum Gasteiger partial charge on any atom is -0.489 e. The summed E-state index contributed by atoms with van der Waals surface area (Å²) >= 11 is 1.64. The summed E-state index contributed by atoms with van der Waals surface area (Å²) in [7, 11) is 0. The summed E-state index contributed by atoms with van der Waals surface area (Å²) < 4.78 is 6.02. The number of nitrogens with zero attached hydrogens (tertiary/aromatic N) is 2. The molecule has 2 amide bonds. The second-order valence-corrected chi connectivity index (χ2v) is 10.4. The first-order valence-corrected chi connectivity index (χ1v) is 13.5. The highest BCUT2D eigenvalue weighted by Gasteiger charge is 2.35. The number of thiophene rings is 1. The number of rotatable bonds is 8. The van der Waals surface area contributed by atoms with Gasteiger partial charge in [-0.1, -0.05) is 18.2 Å². The highest BCUT2D eigenvalue weighted by Crippen LogP contribution is 2.23. The lowest BCUT2D eigenvalue weighted by Crippen LogP contribution is -2.56. The molecule has 38 heavy (non-hydrogen) atoms. The maximum absolute atomic E-state index is 13.1. The Morgan fingerprint density at radius 2 is 1.97 bits per heavy atom. The Balaban J connectivity index is 1.23. The van der Waals surface area contributed by atoms with E-state index in [9.17, 15) is 14.8 Å². The number of ether oxygens (including phenoxy) is 1. The van der Waals surface area contributed by atoms with E-state index >= 15 is 0 Å².